The summed E-state index contributed by atoms with van der Waals surface area (Å²) < 4.78 is 126. The van der Waals surface area contributed by atoms with Crippen molar-refractivity contribution in [3.63, 3.8) is 0 Å². The zero-order valence-electron chi connectivity index (χ0n) is 18.6. The second kappa shape index (κ2) is 28.1. The van der Waals surface area contributed by atoms with Crippen LogP contribution < -0.4 is 43.4 Å². The zero-order chi connectivity index (χ0) is 32.3. The first-order chi connectivity index (χ1) is 15.8. The lowest BCUT2D eigenvalue weighted by molar-refractivity contribution is -0.344. The van der Waals surface area contributed by atoms with Crippen molar-refractivity contribution in [2.45, 2.75) is 24.7 Å². The number of halogens is 12. The van der Waals surface area contributed by atoms with Crippen molar-refractivity contribution in [1.29, 1.82) is 0 Å². The molecule has 24 heteroatoms. The molecular formula is C12H24F12N4O8. The number of carbonyl (C=O) groups is 4. The molecule has 0 aliphatic heterocycles. The second-order valence-corrected chi connectivity index (χ2v) is 3.14. The molecule has 0 aliphatic rings. The number of carboxylic acid groups (broad SMARTS) is 4. The van der Waals surface area contributed by atoms with Gasteiger partial charge in [-0.05, 0) is 0 Å². The standard InChI is InChI=1S/4C2HF3O2.4CH5N/c4*3-2(4,5)1(6)7;4*1-2/h4*(H,6,7);4*2H2,1H3. The van der Waals surface area contributed by atoms with Gasteiger partial charge in [0.15, 0.2) is 0 Å². The Balaban J connectivity index is -0.0000000441. The highest BCUT2D eigenvalue weighted by Gasteiger charge is 2.30. The SMILES string of the molecule is C[NH3+].C[NH3+].C[NH3+].C[NH3+].O=C([O-])C(F)(F)F.O=C([O-])C(F)(F)F.O=C([O-])C(F)(F)F.O=C([O-])C(F)(F)F. The van der Waals surface area contributed by atoms with Gasteiger partial charge >= 0.3 is 24.7 Å². The Morgan fingerprint density at radius 3 is 0.389 bits per heavy atom. The van der Waals surface area contributed by atoms with E-state index in [-0.39, 0.29) is 0 Å². The predicted molar refractivity (Wildman–Crippen MR) is 79.5 cm³/mol. The first kappa shape index (κ1) is 54.0. The molecule has 0 aromatic rings. The fraction of sp³-hybridized carbons (Fsp3) is 0.667. The molecule has 12 N–H and O–H groups in total. The summed E-state index contributed by atoms with van der Waals surface area (Å²) in [6, 6.07) is 0. The van der Waals surface area contributed by atoms with Crippen LogP contribution in [0.4, 0.5) is 52.7 Å². The van der Waals surface area contributed by atoms with E-state index in [2.05, 4.69) is 22.9 Å². The van der Waals surface area contributed by atoms with Crippen LogP contribution in [0.5, 0.6) is 0 Å². The Labute approximate surface area is 193 Å². The van der Waals surface area contributed by atoms with Gasteiger partial charge in [0.2, 0.25) is 0 Å². The van der Waals surface area contributed by atoms with Crippen molar-refractivity contribution in [2.24, 2.45) is 0 Å². The minimum Gasteiger partial charge on any atom is -0.542 e. The summed E-state index contributed by atoms with van der Waals surface area (Å²) in [7, 11) is 7.00. The molecule has 0 aromatic heterocycles. The van der Waals surface area contributed by atoms with E-state index in [0.717, 1.165) is 0 Å². The average Bonchev–Trinajstić information content (AvgIpc) is 2.72. The molecule has 0 saturated carbocycles. The summed E-state index contributed by atoms with van der Waals surface area (Å²) in [6.07, 6.45) is -20.8. The van der Waals surface area contributed by atoms with Crippen LogP contribution in [0, 0.1) is 0 Å². The summed E-state index contributed by atoms with van der Waals surface area (Å²) in [6.45, 7) is 0. The average molecular weight is 580 g/mol. The van der Waals surface area contributed by atoms with Crippen molar-refractivity contribution in [3.8, 4) is 0 Å². The second-order valence-electron chi connectivity index (χ2n) is 3.14. The van der Waals surface area contributed by atoms with Gasteiger partial charge in [-0.2, -0.15) is 52.7 Å². The molecule has 0 rings (SSSR count). The van der Waals surface area contributed by atoms with Crippen LogP contribution in [0.1, 0.15) is 0 Å². The molecule has 0 aliphatic carbocycles. The number of alkyl halides is 12. The molecule has 0 radical (unpaired) electrons. The topological polar surface area (TPSA) is 271 Å². The van der Waals surface area contributed by atoms with Crippen LogP contribution in [0.2, 0.25) is 0 Å². The number of hydrogen-bond acceptors (Lipinski definition) is 8. The summed E-state index contributed by atoms with van der Waals surface area (Å²) in [5.74, 6) is -12.0. The van der Waals surface area contributed by atoms with Crippen molar-refractivity contribution >= 4 is 23.9 Å². The summed E-state index contributed by atoms with van der Waals surface area (Å²) in [4.78, 5) is 35.1. The van der Waals surface area contributed by atoms with Gasteiger partial charge in [-0.25, -0.2) is 0 Å². The highest BCUT2D eigenvalue weighted by molar-refractivity contribution is 5.71. The maximum atomic E-state index is 10.5. The van der Waals surface area contributed by atoms with Crippen LogP contribution >= 0.6 is 0 Å². The molecule has 0 unspecified atom stereocenters. The van der Waals surface area contributed by atoms with Crippen LogP contribution in [-0.4, -0.2) is 76.8 Å². The molecule has 0 aromatic carbocycles. The Morgan fingerprint density at radius 2 is 0.389 bits per heavy atom. The normalized spacial score (nSPS) is 9.44. The Hall–Kier alpha value is -3.12. The van der Waals surface area contributed by atoms with Gasteiger partial charge in [0.25, 0.3) is 0 Å². The number of rotatable bonds is 0. The van der Waals surface area contributed by atoms with Gasteiger partial charge in [0.05, 0.1) is 28.2 Å². The van der Waals surface area contributed by atoms with Crippen molar-refractivity contribution < 1.29 is 115 Å². The molecule has 224 valence electrons. The molecule has 0 spiro atoms. The van der Waals surface area contributed by atoms with Crippen LogP contribution in [0.3, 0.4) is 0 Å². The largest absolute Gasteiger partial charge is 0.542 e. The molecule has 0 saturated heterocycles. The molecular weight excluding hydrogens is 556 g/mol. The summed E-state index contributed by atoms with van der Waals surface area (Å²) >= 11 is 0. The molecule has 0 heterocycles. The lowest BCUT2D eigenvalue weighted by Gasteiger charge is -2.03. The Kier molecular flexibility index (Phi) is 42.2. The third-order valence-corrected chi connectivity index (χ3v) is 0.926. The molecule has 0 bridgehead atoms. The Bertz CT molecular complexity index is 454. The van der Waals surface area contributed by atoms with E-state index in [0.29, 0.717) is 0 Å². The summed E-state index contributed by atoms with van der Waals surface area (Å²) in [5, 5.41) is 35.1. The number of aliphatic carboxylic acids is 4. The molecule has 36 heavy (non-hydrogen) atoms. The van der Waals surface area contributed by atoms with Gasteiger partial charge in [-0.1, -0.05) is 0 Å². The first-order valence-electron chi connectivity index (χ1n) is 7.73. The highest BCUT2D eigenvalue weighted by Crippen LogP contribution is 2.13. The van der Waals surface area contributed by atoms with Gasteiger partial charge in [0.1, 0.15) is 23.9 Å². The summed E-state index contributed by atoms with van der Waals surface area (Å²) in [5.41, 5.74) is 13.0. The van der Waals surface area contributed by atoms with Crippen LogP contribution in [-0.2, 0) is 19.2 Å². The third-order valence-electron chi connectivity index (χ3n) is 0.926. The van der Waals surface area contributed by atoms with Gasteiger partial charge in [0, 0.05) is 0 Å². The van der Waals surface area contributed by atoms with Crippen molar-refractivity contribution in [3.05, 3.63) is 0 Å². The monoisotopic (exact) mass is 580 g/mol. The quantitative estimate of drug-likeness (QED) is 0.199. The number of hydrogen-bond donors (Lipinski definition) is 4. The van der Waals surface area contributed by atoms with E-state index in [1.54, 1.807) is 28.2 Å². The van der Waals surface area contributed by atoms with E-state index in [1.165, 1.54) is 0 Å². The minimum atomic E-state index is -5.19. The van der Waals surface area contributed by atoms with Gasteiger partial charge in [-0.15, -0.1) is 0 Å². The maximum absolute atomic E-state index is 10.5. The van der Waals surface area contributed by atoms with Crippen LogP contribution in [0.25, 0.3) is 0 Å². The number of quaternary nitrogens is 4. The number of carbonyl (C=O) groups excluding carboxylic acids is 4. The van der Waals surface area contributed by atoms with Crippen molar-refractivity contribution in [2.75, 3.05) is 28.2 Å². The maximum Gasteiger partial charge on any atom is 0.430 e. The molecule has 12 nitrogen and oxygen atoms in total. The van der Waals surface area contributed by atoms with Crippen LogP contribution in [0.15, 0.2) is 0 Å². The fourth-order valence-electron chi connectivity index (χ4n) is 0. The minimum absolute atomic E-state index is 1.75. The van der Waals surface area contributed by atoms with E-state index in [4.69, 9.17) is 39.6 Å². The van der Waals surface area contributed by atoms with Gasteiger partial charge in [-0.3, -0.25) is 0 Å². The van der Waals surface area contributed by atoms with Gasteiger partial charge < -0.3 is 62.5 Å². The van der Waals surface area contributed by atoms with E-state index < -0.39 is 48.6 Å². The predicted octanol–water partition coefficient (Wildman–Crippen LogP) is -7.37. The third kappa shape index (κ3) is 63.2. The Morgan fingerprint density at radius 1 is 0.361 bits per heavy atom. The smallest absolute Gasteiger partial charge is 0.430 e. The van der Waals surface area contributed by atoms with Crippen molar-refractivity contribution in [1.82, 2.24) is 0 Å². The van der Waals surface area contributed by atoms with E-state index in [9.17, 15) is 52.7 Å². The fourth-order valence-corrected chi connectivity index (χ4v) is 0. The first-order valence-corrected chi connectivity index (χ1v) is 7.73. The van der Waals surface area contributed by atoms with E-state index in [1.807, 2.05) is 0 Å². The molecule has 0 fully saturated rings. The van der Waals surface area contributed by atoms with E-state index >= 15 is 0 Å². The molecule has 0 amide bonds. The lowest BCUT2D eigenvalue weighted by atomic mass is 10.7. The molecule has 0 atom stereocenters. The highest BCUT2D eigenvalue weighted by atomic mass is 19.4. The number of carboxylic acids is 4. The lowest BCUT2D eigenvalue weighted by Crippen LogP contribution is -2.40. The zero-order valence-corrected chi connectivity index (χ0v) is 18.6.